The number of hydrogen-bond acceptors (Lipinski definition) is 2. The topological polar surface area (TPSA) is 15.3 Å². The molecule has 0 aliphatic carbocycles. The van der Waals surface area contributed by atoms with Crippen LogP contribution in [0.1, 0.15) is 45.6 Å². The molecule has 0 bridgehead atoms. The van der Waals surface area contributed by atoms with E-state index in [-0.39, 0.29) is 0 Å². The van der Waals surface area contributed by atoms with Crippen molar-refractivity contribution in [3.8, 4) is 0 Å². The molecule has 1 aromatic carbocycles. The third-order valence-corrected chi connectivity index (χ3v) is 4.90. The summed E-state index contributed by atoms with van der Waals surface area (Å²) in [5.74, 6) is 1.66. The molecule has 0 spiro atoms. The molecule has 1 saturated heterocycles. The van der Waals surface area contributed by atoms with Crippen LogP contribution in [-0.4, -0.2) is 19.6 Å². The lowest BCUT2D eigenvalue weighted by Crippen LogP contribution is -2.26. The molecule has 1 unspecified atom stereocenters. The molecule has 1 aliphatic heterocycles. The Hall–Kier alpha value is -0.730. The van der Waals surface area contributed by atoms with Gasteiger partial charge in [0.1, 0.15) is 0 Å². The van der Waals surface area contributed by atoms with E-state index < -0.39 is 0 Å². The Kier molecular flexibility index (Phi) is 6.38. The van der Waals surface area contributed by atoms with Crippen molar-refractivity contribution in [3.63, 3.8) is 0 Å². The molecule has 21 heavy (non-hydrogen) atoms. The highest BCUT2D eigenvalue weighted by Gasteiger charge is 2.21. The van der Waals surface area contributed by atoms with Gasteiger partial charge in [-0.1, -0.05) is 38.4 Å². The lowest BCUT2D eigenvalue weighted by atomic mass is 9.89. The molecule has 1 aromatic rings. The lowest BCUT2D eigenvalue weighted by molar-refractivity contribution is 0.351. The normalized spacial score (nSPS) is 19.9. The van der Waals surface area contributed by atoms with Gasteiger partial charge in [-0.15, -0.1) is 0 Å². The zero-order valence-corrected chi connectivity index (χ0v) is 14.4. The Morgan fingerprint density at radius 3 is 2.81 bits per heavy atom. The zero-order valence-electron chi connectivity index (χ0n) is 13.7. The molecular formula is C18H29ClN2. The van der Waals surface area contributed by atoms with Gasteiger partial charge in [0.15, 0.2) is 0 Å². The maximum atomic E-state index is 6.24. The molecule has 1 aliphatic rings. The Balaban J connectivity index is 2.14. The molecule has 1 N–H and O–H groups in total. The maximum absolute atomic E-state index is 6.24. The minimum absolute atomic E-state index is 0.797. The highest BCUT2D eigenvalue weighted by Crippen LogP contribution is 2.30. The summed E-state index contributed by atoms with van der Waals surface area (Å²) in [6.07, 6.45) is 3.94. The van der Waals surface area contributed by atoms with Crippen molar-refractivity contribution in [1.29, 1.82) is 0 Å². The van der Waals surface area contributed by atoms with Gasteiger partial charge in [-0.25, -0.2) is 0 Å². The molecule has 1 atom stereocenters. The Bertz CT molecular complexity index is 445. The van der Waals surface area contributed by atoms with Crippen LogP contribution in [-0.2, 0) is 6.54 Å². The van der Waals surface area contributed by atoms with Crippen LogP contribution in [0.15, 0.2) is 18.2 Å². The van der Waals surface area contributed by atoms with Crippen molar-refractivity contribution in [1.82, 2.24) is 5.32 Å². The summed E-state index contributed by atoms with van der Waals surface area (Å²) in [6.45, 7) is 11.1. The van der Waals surface area contributed by atoms with Crippen LogP contribution in [0.3, 0.4) is 0 Å². The third-order valence-electron chi connectivity index (χ3n) is 4.67. The first-order chi connectivity index (χ1) is 10.1. The first kappa shape index (κ1) is 16.6. The second-order valence-corrected chi connectivity index (χ2v) is 6.91. The monoisotopic (exact) mass is 308 g/mol. The van der Waals surface area contributed by atoms with Crippen LogP contribution in [0.4, 0.5) is 5.69 Å². The molecule has 2 rings (SSSR count). The Labute approximate surface area is 134 Å². The van der Waals surface area contributed by atoms with E-state index in [0.29, 0.717) is 0 Å². The smallest absolute Gasteiger partial charge is 0.0426 e. The van der Waals surface area contributed by atoms with Gasteiger partial charge >= 0.3 is 0 Å². The van der Waals surface area contributed by atoms with Gasteiger partial charge in [0.05, 0.1) is 0 Å². The van der Waals surface area contributed by atoms with Crippen molar-refractivity contribution in [2.24, 2.45) is 11.8 Å². The molecule has 1 fully saturated rings. The number of anilines is 1. The number of halogens is 1. The Morgan fingerprint density at radius 2 is 2.10 bits per heavy atom. The highest BCUT2D eigenvalue weighted by molar-refractivity contribution is 6.30. The summed E-state index contributed by atoms with van der Waals surface area (Å²) >= 11 is 6.24. The van der Waals surface area contributed by atoms with E-state index >= 15 is 0 Å². The quantitative estimate of drug-likeness (QED) is 0.847. The predicted octanol–water partition coefficient (Wildman–Crippen LogP) is 4.71. The SMILES string of the molecule is CCNCc1ccc(Cl)cc1N1CCCC(C(C)C)CC1. The Morgan fingerprint density at radius 1 is 1.29 bits per heavy atom. The zero-order chi connectivity index (χ0) is 15.2. The van der Waals surface area contributed by atoms with Crippen molar-refractivity contribution < 1.29 is 0 Å². The summed E-state index contributed by atoms with van der Waals surface area (Å²) in [4.78, 5) is 2.54. The fourth-order valence-corrected chi connectivity index (χ4v) is 3.44. The average molecular weight is 309 g/mol. The number of hydrogen-bond donors (Lipinski definition) is 1. The highest BCUT2D eigenvalue weighted by atomic mass is 35.5. The van der Waals surface area contributed by atoms with Gasteiger partial charge in [-0.2, -0.15) is 0 Å². The molecule has 2 nitrogen and oxygen atoms in total. The molecule has 118 valence electrons. The standard InChI is InChI=1S/C18H29ClN2/c1-4-20-13-16-7-8-17(19)12-18(16)21-10-5-6-15(9-11-21)14(2)3/h7-8,12,14-15,20H,4-6,9-11,13H2,1-3H3. The molecular weight excluding hydrogens is 280 g/mol. The summed E-state index contributed by atoms with van der Waals surface area (Å²) in [5, 5.41) is 4.28. The van der Waals surface area contributed by atoms with Crippen LogP contribution in [0.5, 0.6) is 0 Å². The second kappa shape index (κ2) is 8.05. The first-order valence-corrected chi connectivity index (χ1v) is 8.73. The fraction of sp³-hybridized carbons (Fsp3) is 0.667. The minimum Gasteiger partial charge on any atom is -0.371 e. The van der Waals surface area contributed by atoms with Crippen LogP contribution >= 0.6 is 11.6 Å². The molecule has 1 heterocycles. The van der Waals surface area contributed by atoms with Crippen molar-refractivity contribution in [2.45, 2.75) is 46.6 Å². The van der Waals surface area contributed by atoms with Crippen LogP contribution in [0.25, 0.3) is 0 Å². The largest absolute Gasteiger partial charge is 0.371 e. The summed E-state index contributed by atoms with van der Waals surface area (Å²) in [7, 11) is 0. The molecule has 0 saturated carbocycles. The van der Waals surface area contributed by atoms with E-state index in [9.17, 15) is 0 Å². The van der Waals surface area contributed by atoms with Crippen molar-refractivity contribution >= 4 is 17.3 Å². The molecule has 3 heteroatoms. The lowest BCUT2D eigenvalue weighted by Gasteiger charge is -2.26. The van der Waals surface area contributed by atoms with E-state index in [2.05, 4.69) is 43.1 Å². The van der Waals surface area contributed by atoms with Gasteiger partial charge in [0.2, 0.25) is 0 Å². The van der Waals surface area contributed by atoms with Gasteiger partial charge in [-0.05, 0) is 55.3 Å². The van der Waals surface area contributed by atoms with Gasteiger partial charge in [-0.3, -0.25) is 0 Å². The summed E-state index contributed by atoms with van der Waals surface area (Å²) < 4.78 is 0. The number of nitrogens with one attached hydrogen (secondary N) is 1. The van der Waals surface area contributed by atoms with Gasteiger partial charge in [0, 0.05) is 30.3 Å². The molecule has 0 radical (unpaired) electrons. The molecule has 0 aromatic heterocycles. The van der Waals surface area contributed by atoms with Gasteiger partial charge < -0.3 is 10.2 Å². The summed E-state index contributed by atoms with van der Waals surface area (Å²) in [6, 6.07) is 6.32. The maximum Gasteiger partial charge on any atom is 0.0426 e. The first-order valence-electron chi connectivity index (χ1n) is 8.36. The van der Waals surface area contributed by atoms with E-state index in [1.807, 2.05) is 6.07 Å². The number of nitrogens with zero attached hydrogens (tertiary/aromatic N) is 1. The summed E-state index contributed by atoms with van der Waals surface area (Å²) in [5.41, 5.74) is 2.69. The van der Waals surface area contributed by atoms with Crippen LogP contribution < -0.4 is 10.2 Å². The fourth-order valence-electron chi connectivity index (χ4n) is 3.27. The van der Waals surface area contributed by atoms with E-state index in [0.717, 1.165) is 43.0 Å². The average Bonchev–Trinajstić information content (AvgIpc) is 2.72. The second-order valence-electron chi connectivity index (χ2n) is 6.48. The molecule has 0 amide bonds. The minimum atomic E-state index is 0.797. The third kappa shape index (κ3) is 4.62. The predicted molar refractivity (Wildman–Crippen MR) is 93.2 cm³/mol. The number of rotatable bonds is 5. The van der Waals surface area contributed by atoms with Crippen LogP contribution in [0.2, 0.25) is 5.02 Å². The van der Waals surface area contributed by atoms with Crippen molar-refractivity contribution in [3.05, 3.63) is 28.8 Å². The van der Waals surface area contributed by atoms with E-state index in [1.165, 1.54) is 30.5 Å². The number of benzene rings is 1. The van der Waals surface area contributed by atoms with Gasteiger partial charge in [0.25, 0.3) is 0 Å². The van der Waals surface area contributed by atoms with Crippen LogP contribution in [0, 0.1) is 11.8 Å². The van der Waals surface area contributed by atoms with Crippen molar-refractivity contribution in [2.75, 3.05) is 24.5 Å². The van der Waals surface area contributed by atoms with E-state index in [1.54, 1.807) is 0 Å². The van der Waals surface area contributed by atoms with E-state index in [4.69, 9.17) is 11.6 Å².